The van der Waals surface area contributed by atoms with Gasteiger partial charge >= 0.3 is 0 Å². The monoisotopic (exact) mass is 326 g/mol. The molecule has 3 aromatic rings. The van der Waals surface area contributed by atoms with Crippen LogP contribution in [0.5, 0.6) is 5.75 Å². The van der Waals surface area contributed by atoms with Crippen molar-refractivity contribution >= 4 is 28.2 Å². The topological polar surface area (TPSA) is 99.3 Å². The van der Waals surface area contributed by atoms with Crippen molar-refractivity contribution < 1.29 is 14.5 Å². The maximum Gasteiger partial charge on any atom is 0.271 e. The van der Waals surface area contributed by atoms with Crippen LogP contribution in [0.25, 0.3) is 10.9 Å². The van der Waals surface area contributed by atoms with Gasteiger partial charge in [-0.15, -0.1) is 0 Å². The standard InChI is InChI=1S/C16H14N4O4/c1-24-15-7-6-12(20(22)23)8-13(15)18-16(21)10-19-14-5-3-2-4-11(14)9-17-19/h2-9H,10H2,1H3,(H,18,21). The van der Waals surface area contributed by atoms with Crippen molar-refractivity contribution in [3.63, 3.8) is 0 Å². The largest absolute Gasteiger partial charge is 0.495 e. The summed E-state index contributed by atoms with van der Waals surface area (Å²) in [5, 5.41) is 18.6. The number of nitro benzene ring substituents is 1. The molecule has 24 heavy (non-hydrogen) atoms. The second-order valence-corrected chi connectivity index (χ2v) is 5.05. The molecule has 0 bridgehead atoms. The van der Waals surface area contributed by atoms with E-state index in [9.17, 15) is 14.9 Å². The number of amides is 1. The number of fused-ring (bicyclic) bond motifs is 1. The fraction of sp³-hybridized carbons (Fsp3) is 0.125. The highest BCUT2D eigenvalue weighted by atomic mass is 16.6. The Morgan fingerprint density at radius 1 is 1.33 bits per heavy atom. The van der Waals surface area contributed by atoms with Crippen molar-refractivity contribution in [1.29, 1.82) is 0 Å². The normalized spacial score (nSPS) is 10.5. The second kappa shape index (κ2) is 6.37. The van der Waals surface area contributed by atoms with Crippen LogP contribution in [0.3, 0.4) is 0 Å². The second-order valence-electron chi connectivity index (χ2n) is 5.05. The molecule has 1 aromatic heterocycles. The van der Waals surface area contributed by atoms with Gasteiger partial charge in [-0.3, -0.25) is 19.6 Å². The van der Waals surface area contributed by atoms with E-state index in [1.807, 2.05) is 24.3 Å². The molecular formula is C16H14N4O4. The molecule has 0 unspecified atom stereocenters. The van der Waals surface area contributed by atoms with E-state index in [2.05, 4.69) is 10.4 Å². The average Bonchev–Trinajstić information content (AvgIpc) is 2.98. The van der Waals surface area contributed by atoms with Crippen LogP contribution >= 0.6 is 0 Å². The Hall–Kier alpha value is -3.42. The van der Waals surface area contributed by atoms with E-state index < -0.39 is 4.92 Å². The molecule has 0 aliphatic rings. The van der Waals surface area contributed by atoms with Crippen LogP contribution < -0.4 is 10.1 Å². The number of hydrogen-bond acceptors (Lipinski definition) is 5. The van der Waals surface area contributed by atoms with Gasteiger partial charge in [0.15, 0.2) is 0 Å². The molecule has 1 amide bonds. The van der Waals surface area contributed by atoms with E-state index in [1.54, 1.807) is 10.9 Å². The number of nitrogens with one attached hydrogen (secondary N) is 1. The summed E-state index contributed by atoms with van der Waals surface area (Å²) in [5.41, 5.74) is 0.947. The SMILES string of the molecule is COc1ccc([N+](=O)[O-])cc1NC(=O)Cn1ncc2ccccc21. The molecule has 0 fully saturated rings. The third kappa shape index (κ3) is 3.02. The maximum absolute atomic E-state index is 12.3. The highest BCUT2D eigenvalue weighted by molar-refractivity contribution is 5.93. The summed E-state index contributed by atoms with van der Waals surface area (Å²) in [7, 11) is 1.43. The Bertz CT molecular complexity index is 919. The van der Waals surface area contributed by atoms with Crippen molar-refractivity contribution in [2.24, 2.45) is 0 Å². The van der Waals surface area contributed by atoms with Gasteiger partial charge in [0, 0.05) is 17.5 Å². The number of nitro groups is 1. The summed E-state index contributed by atoms with van der Waals surface area (Å²) >= 11 is 0. The summed E-state index contributed by atoms with van der Waals surface area (Å²) in [6.07, 6.45) is 1.68. The number of nitrogens with zero attached hydrogens (tertiary/aromatic N) is 3. The molecule has 0 aliphatic carbocycles. The molecule has 122 valence electrons. The zero-order valence-corrected chi connectivity index (χ0v) is 12.8. The maximum atomic E-state index is 12.3. The van der Waals surface area contributed by atoms with Gasteiger partial charge in [0.25, 0.3) is 5.69 Å². The number of rotatable bonds is 5. The van der Waals surface area contributed by atoms with Gasteiger partial charge in [-0.05, 0) is 12.1 Å². The molecule has 0 aliphatic heterocycles. The molecule has 8 heteroatoms. The number of methoxy groups -OCH3 is 1. The lowest BCUT2D eigenvalue weighted by Gasteiger charge is -2.10. The van der Waals surface area contributed by atoms with Gasteiger partial charge in [-0.2, -0.15) is 5.10 Å². The predicted molar refractivity (Wildman–Crippen MR) is 88.0 cm³/mol. The molecule has 0 atom stereocenters. The number of benzene rings is 2. The van der Waals surface area contributed by atoms with E-state index in [0.717, 1.165) is 10.9 Å². The summed E-state index contributed by atoms with van der Waals surface area (Å²) in [4.78, 5) is 22.6. The smallest absolute Gasteiger partial charge is 0.271 e. The highest BCUT2D eigenvalue weighted by Crippen LogP contribution is 2.28. The minimum absolute atomic E-state index is 0.0145. The van der Waals surface area contributed by atoms with E-state index in [4.69, 9.17) is 4.74 Å². The van der Waals surface area contributed by atoms with Gasteiger partial charge < -0.3 is 10.1 Å². The van der Waals surface area contributed by atoms with E-state index in [0.29, 0.717) is 5.75 Å². The zero-order valence-electron chi connectivity index (χ0n) is 12.8. The summed E-state index contributed by atoms with van der Waals surface area (Å²) < 4.78 is 6.69. The first-order chi connectivity index (χ1) is 11.6. The molecule has 2 aromatic carbocycles. The van der Waals surface area contributed by atoms with Crippen molar-refractivity contribution in [2.45, 2.75) is 6.54 Å². The molecule has 0 saturated heterocycles. The number of carbonyl (C=O) groups excluding carboxylic acids is 1. The predicted octanol–water partition coefficient (Wildman–Crippen LogP) is 2.59. The van der Waals surface area contributed by atoms with Gasteiger partial charge in [-0.25, -0.2) is 0 Å². The van der Waals surface area contributed by atoms with E-state index in [-0.39, 0.29) is 23.8 Å². The molecule has 8 nitrogen and oxygen atoms in total. The quantitative estimate of drug-likeness (QED) is 0.574. The van der Waals surface area contributed by atoms with Crippen LogP contribution in [0.2, 0.25) is 0 Å². The van der Waals surface area contributed by atoms with Crippen molar-refractivity contribution in [1.82, 2.24) is 9.78 Å². The minimum atomic E-state index is -0.532. The van der Waals surface area contributed by atoms with Crippen LogP contribution in [-0.2, 0) is 11.3 Å². The fourth-order valence-corrected chi connectivity index (χ4v) is 2.38. The Balaban J connectivity index is 1.82. The molecule has 0 saturated carbocycles. The van der Waals surface area contributed by atoms with Crippen LogP contribution in [-0.4, -0.2) is 27.7 Å². The lowest BCUT2D eigenvalue weighted by molar-refractivity contribution is -0.384. The summed E-state index contributed by atoms with van der Waals surface area (Å²) in [6.45, 7) is -0.0145. The first-order valence-electron chi connectivity index (χ1n) is 7.11. The highest BCUT2D eigenvalue weighted by Gasteiger charge is 2.14. The lowest BCUT2D eigenvalue weighted by atomic mass is 10.2. The molecule has 1 N–H and O–H groups in total. The number of para-hydroxylation sites is 1. The van der Waals surface area contributed by atoms with Crippen molar-refractivity contribution in [2.75, 3.05) is 12.4 Å². The number of aromatic nitrogens is 2. The molecule has 0 radical (unpaired) electrons. The third-order valence-electron chi connectivity index (χ3n) is 3.51. The van der Waals surface area contributed by atoms with E-state index in [1.165, 1.54) is 25.3 Å². The van der Waals surface area contributed by atoms with Crippen LogP contribution in [0.4, 0.5) is 11.4 Å². The van der Waals surface area contributed by atoms with Gasteiger partial charge in [0.2, 0.25) is 5.91 Å². The number of non-ortho nitro benzene ring substituents is 1. The van der Waals surface area contributed by atoms with Gasteiger partial charge in [0.1, 0.15) is 12.3 Å². The zero-order chi connectivity index (χ0) is 17.1. The van der Waals surface area contributed by atoms with Gasteiger partial charge in [0.05, 0.1) is 29.4 Å². The number of anilines is 1. The fourth-order valence-electron chi connectivity index (χ4n) is 2.38. The summed E-state index contributed by atoms with van der Waals surface area (Å²) in [6, 6.07) is 11.5. The molecule has 0 spiro atoms. The summed E-state index contributed by atoms with van der Waals surface area (Å²) in [5.74, 6) is -0.0121. The third-order valence-corrected chi connectivity index (χ3v) is 3.51. The average molecular weight is 326 g/mol. The van der Waals surface area contributed by atoms with E-state index >= 15 is 0 Å². The Morgan fingerprint density at radius 2 is 2.12 bits per heavy atom. The van der Waals surface area contributed by atoms with Crippen LogP contribution in [0, 0.1) is 10.1 Å². The van der Waals surface area contributed by atoms with Gasteiger partial charge in [-0.1, -0.05) is 18.2 Å². The molecular weight excluding hydrogens is 312 g/mol. The van der Waals surface area contributed by atoms with Crippen molar-refractivity contribution in [3.8, 4) is 5.75 Å². The first kappa shape index (κ1) is 15.5. The van der Waals surface area contributed by atoms with Crippen LogP contribution in [0.15, 0.2) is 48.7 Å². The molecule has 1 heterocycles. The Kier molecular flexibility index (Phi) is 4.11. The number of hydrogen-bond donors (Lipinski definition) is 1. The lowest BCUT2D eigenvalue weighted by Crippen LogP contribution is -2.19. The Labute approximate surface area is 136 Å². The van der Waals surface area contributed by atoms with Crippen LogP contribution in [0.1, 0.15) is 0 Å². The Morgan fingerprint density at radius 3 is 2.88 bits per heavy atom. The number of carbonyl (C=O) groups is 1. The molecule has 3 rings (SSSR count). The number of ether oxygens (including phenoxy) is 1. The van der Waals surface area contributed by atoms with Crippen molar-refractivity contribution in [3.05, 3.63) is 58.8 Å². The minimum Gasteiger partial charge on any atom is -0.495 e. The first-order valence-corrected chi connectivity index (χ1v) is 7.11.